The minimum atomic E-state index is -5.96. The third-order valence-corrected chi connectivity index (χ3v) is 7.28. The van der Waals surface area contributed by atoms with Crippen LogP contribution in [-0.4, -0.2) is 43.6 Å². The fourth-order valence-corrected chi connectivity index (χ4v) is 5.16. The summed E-state index contributed by atoms with van der Waals surface area (Å²) in [5.41, 5.74) is -4.87. The van der Waals surface area contributed by atoms with Gasteiger partial charge in [0.1, 0.15) is 12.2 Å². The molecule has 4 rings (SSSR count). The average Bonchev–Trinajstić information content (AvgIpc) is 2.93. The Morgan fingerprint density at radius 3 is 2.30 bits per heavy atom. The fourth-order valence-electron chi connectivity index (χ4n) is 4.50. The number of hydrogen-bond acceptors (Lipinski definition) is 6. The molecule has 0 aliphatic carbocycles. The van der Waals surface area contributed by atoms with Crippen molar-refractivity contribution in [3.8, 4) is 5.75 Å². The molecule has 1 amide bonds. The van der Waals surface area contributed by atoms with Crippen molar-refractivity contribution >= 4 is 50.1 Å². The number of aliphatic carboxylic acids is 1. The molecule has 1 aliphatic heterocycles. The van der Waals surface area contributed by atoms with Crippen molar-refractivity contribution in [3.63, 3.8) is 0 Å². The summed E-state index contributed by atoms with van der Waals surface area (Å²) in [6.45, 7) is 5.95. The first-order valence-electron chi connectivity index (χ1n) is 12.0. The Morgan fingerprint density at radius 2 is 1.70 bits per heavy atom. The number of carbonyl (C=O) groups is 2. The topological polar surface area (TPSA) is 110 Å². The number of halogens is 4. The fraction of sp³-hybridized carbons (Fsp3) is 0.333. The van der Waals surface area contributed by atoms with Crippen LogP contribution in [0.15, 0.2) is 54.6 Å². The molecule has 2 unspecified atom stereocenters. The Labute approximate surface area is 233 Å². The summed E-state index contributed by atoms with van der Waals surface area (Å²) < 4.78 is 73.3. The van der Waals surface area contributed by atoms with E-state index in [4.69, 9.17) is 16.3 Å². The zero-order valence-corrected chi connectivity index (χ0v) is 23.1. The van der Waals surface area contributed by atoms with Gasteiger partial charge in [0.05, 0.1) is 6.42 Å². The van der Waals surface area contributed by atoms with Gasteiger partial charge in [-0.25, -0.2) is 0 Å². The van der Waals surface area contributed by atoms with Crippen LogP contribution < -0.4 is 9.08 Å². The summed E-state index contributed by atoms with van der Waals surface area (Å²) in [4.78, 5) is 26.8. The third-order valence-electron chi connectivity index (χ3n) is 6.08. The maximum absolute atomic E-state index is 13.7. The maximum Gasteiger partial charge on any atom is 0.534 e. The first-order valence-corrected chi connectivity index (χ1v) is 13.8. The number of alkyl halides is 3. The van der Waals surface area contributed by atoms with Crippen LogP contribution in [-0.2, 0) is 24.4 Å². The number of anilines is 1. The minimum Gasteiger partial charge on any atom is -0.481 e. The van der Waals surface area contributed by atoms with Gasteiger partial charge in [-0.15, -0.1) is 0 Å². The number of carboxylic acids is 1. The maximum atomic E-state index is 13.7. The van der Waals surface area contributed by atoms with Crippen LogP contribution in [0.4, 0.5) is 18.9 Å². The number of carboxylic acid groups (broad SMARTS) is 1. The molecular formula is C27H25ClF3NO7S. The lowest BCUT2D eigenvalue weighted by atomic mass is 9.92. The van der Waals surface area contributed by atoms with Gasteiger partial charge < -0.3 is 18.9 Å². The average molecular weight is 600 g/mol. The van der Waals surface area contributed by atoms with Gasteiger partial charge in [-0.2, -0.15) is 21.6 Å². The van der Waals surface area contributed by atoms with Crippen molar-refractivity contribution in [1.82, 2.24) is 0 Å². The number of nitrogens with zero attached hydrogens (tertiary/aromatic N) is 1. The van der Waals surface area contributed by atoms with Gasteiger partial charge in [0.15, 0.2) is 5.75 Å². The van der Waals surface area contributed by atoms with E-state index in [1.165, 1.54) is 29.2 Å². The van der Waals surface area contributed by atoms with Gasteiger partial charge in [0.25, 0.3) is 5.91 Å². The smallest absolute Gasteiger partial charge is 0.481 e. The first-order chi connectivity index (χ1) is 18.5. The summed E-state index contributed by atoms with van der Waals surface area (Å²) in [6.07, 6.45) is -3.18. The predicted molar refractivity (Wildman–Crippen MR) is 142 cm³/mol. The van der Waals surface area contributed by atoms with E-state index in [2.05, 4.69) is 4.18 Å². The van der Waals surface area contributed by atoms with Gasteiger partial charge in [0.2, 0.25) is 0 Å². The number of benzene rings is 3. The van der Waals surface area contributed by atoms with Crippen LogP contribution >= 0.6 is 11.6 Å². The summed E-state index contributed by atoms with van der Waals surface area (Å²) in [6, 6.07) is 13.1. The third kappa shape index (κ3) is 6.03. The van der Waals surface area contributed by atoms with E-state index in [9.17, 15) is 36.3 Å². The first kappa shape index (κ1) is 29.6. The Bertz CT molecular complexity index is 1590. The Morgan fingerprint density at radius 1 is 1.05 bits per heavy atom. The van der Waals surface area contributed by atoms with Crippen molar-refractivity contribution in [2.45, 2.75) is 44.9 Å². The number of rotatable bonds is 6. The van der Waals surface area contributed by atoms with Gasteiger partial charge >= 0.3 is 21.6 Å². The van der Waals surface area contributed by atoms with E-state index in [1.807, 2.05) is 20.8 Å². The van der Waals surface area contributed by atoms with Crippen molar-refractivity contribution in [1.29, 1.82) is 0 Å². The molecule has 1 N–H and O–H groups in total. The summed E-state index contributed by atoms with van der Waals surface area (Å²) in [5, 5.41) is 10.1. The van der Waals surface area contributed by atoms with Crippen LogP contribution in [0.5, 0.6) is 5.75 Å². The van der Waals surface area contributed by atoms with Gasteiger partial charge in [-0.3, -0.25) is 9.59 Å². The molecule has 3 aromatic carbocycles. The van der Waals surface area contributed by atoms with Crippen LogP contribution in [0.1, 0.15) is 44.4 Å². The molecule has 1 aliphatic rings. The lowest BCUT2D eigenvalue weighted by Crippen LogP contribution is -2.44. The monoisotopic (exact) mass is 599 g/mol. The summed E-state index contributed by atoms with van der Waals surface area (Å²) in [5.74, 6) is -2.42. The second-order valence-electron chi connectivity index (χ2n) is 10.5. The van der Waals surface area contributed by atoms with E-state index in [1.54, 1.807) is 24.3 Å². The van der Waals surface area contributed by atoms with E-state index >= 15 is 0 Å². The summed E-state index contributed by atoms with van der Waals surface area (Å²) in [7, 11) is -5.96. The SMILES string of the molecule is CC(C)(C)CN1C(=O)C(CC(=O)O)OC(c2ccc(OS(=O)(=O)C(F)(F)F)c3ccccc23)c2cc(Cl)ccc21. The summed E-state index contributed by atoms with van der Waals surface area (Å²) >= 11 is 6.33. The Hall–Kier alpha value is -3.35. The van der Waals surface area contributed by atoms with Gasteiger partial charge in [0, 0.05) is 28.2 Å². The molecule has 3 aromatic rings. The van der Waals surface area contributed by atoms with Gasteiger partial charge in [-0.05, 0) is 40.6 Å². The number of hydrogen-bond donors (Lipinski definition) is 1. The largest absolute Gasteiger partial charge is 0.534 e. The van der Waals surface area contributed by atoms with Crippen LogP contribution in [0.2, 0.25) is 5.02 Å². The van der Waals surface area contributed by atoms with E-state index in [0.717, 1.165) is 6.07 Å². The molecule has 40 heavy (non-hydrogen) atoms. The van der Waals surface area contributed by atoms with Gasteiger partial charge in [-0.1, -0.05) is 62.7 Å². The van der Waals surface area contributed by atoms with Crippen LogP contribution in [0.3, 0.4) is 0 Å². The molecule has 0 saturated heterocycles. The molecule has 0 fully saturated rings. The second kappa shape index (κ2) is 10.6. The molecule has 8 nitrogen and oxygen atoms in total. The molecule has 13 heteroatoms. The highest BCUT2D eigenvalue weighted by Crippen LogP contribution is 2.44. The molecule has 1 heterocycles. The lowest BCUT2D eigenvalue weighted by molar-refractivity contribution is -0.147. The molecule has 0 bridgehead atoms. The van der Waals surface area contributed by atoms with E-state index in [0.29, 0.717) is 21.8 Å². The molecule has 0 radical (unpaired) electrons. The minimum absolute atomic E-state index is 0.0249. The standard InChI is InChI=1S/C27H25ClF3NO7S/c1-26(2,3)14-32-20-10-8-15(28)12-19(20)24(38-22(25(32)35)13-23(33)34)18-9-11-21(17-7-5-4-6-16(17)18)39-40(36,37)27(29,30)31/h4-12,22,24H,13-14H2,1-3H3,(H,33,34). The number of carbonyl (C=O) groups excluding carboxylic acids is 1. The van der Waals surface area contributed by atoms with Crippen molar-refractivity contribution in [2.75, 3.05) is 11.4 Å². The molecule has 0 spiro atoms. The number of amides is 1. The van der Waals surface area contributed by atoms with Crippen LogP contribution in [0.25, 0.3) is 10.8 Å². The normalized spacial score (nSPS) is 18.4. The number of ether oxygens (including phenoxy) is 1. The Balaban J connectivity index is 1.95. The van der Waals surface area contributed by atoms with Crippen molar-refractivity contribution in [2.24, 2.45) is 5.41 Å². The zero-order valence-electron chi connectivity index (χ0n) is 21.5. The molecule has 2 atom stereocenters. The molecular weight excluding hydrogens is 575 g/mol. The lowest BCUT2D eigenvalue weighted by Gasteiger charge is -2.31. The van der Waals surface area contributed by atoms with E-state index < -0.39 is 57.3 Å². The van der Waals surface area contributed by atoms with E-state index in [-0.39, 0.29) is 17.3 Å². The second-order valence-corrected chi connectivity index (χ2v) is 12.4. The number of fused-ring (bicyclic) bond motifs is 2. The highest BCUT2D eigenvalue weighted by molar-refractivity contribution is 7.88. The molecule has 214 valence electrons. The highest BCUT2D eigenvalue weighted by atomic mass is 35.5. The van der Waals surface area contributed by atoms with Crippen molar-refractivity contribution < 1.29 is 45.2 Å². The predicted octanol–water partition coefficient (Wildman–Crippen LogP) is 6.06. The van der Waals surface area contributed by atoms with Crippen molar-refractivity contribution in [3.05, 3.63) is 70.7 Å². The molecule has 0 saturated carbocycles. The van der Waals surface area contributed by atoms with Crippen LogP contribution in [0, 0.1) is 5.41 Å². The highest BCUT2D eigenvalue weighted by Gasteiger charge is 2.49. The quantitative estimate of drug-likeness (QED) is 0.271. The molecule has 0 aromatic heterocycles. The zero-order chi connectivity index (χ0) is 29.6. The Kier molecular flexibility index (Phi) is 7.83.